The van der Waals surface area contributed by atoms with Crippen LogP contribution in [-0.2, 0) is 0 Å². The van der Waals surface area contributed by atoms with Crippen molar-refractivity contribution in [3.63, 3.8) is 0 Å². The zero-order chi connectivity index (χ0) is 18.3. The maximum Gasteiger partial charge on any atom is 0.188 e. The molecule has 132 valence electrons. The van der Waals surface area contributed by atoms with Crippen LogP contribution in [0.25, 0.3) is 26.9 Å². The molecule has 1 aliphatic carbocycles. The van der Waals surface area contributed by atoms with E-state index in [1.165, 1.54) is 22.3 Å². The van der Waals surface area contributed by atoms with Crippen molar-refractivity contribution >= 4 is 16.6 Å². The summed E-state index contributed by atoms with van der Waals surface area (Å²) >= 11 is 0. The van der Waals surface area contributed by atoms with E-state index >= 15 is 0 Å². The average Bonchev–Trinajstić information content (AvgIpc) is 3.02. The van der Waals surface area contributed by atoms with Gasteiger partial charge in [-0.1, -0.05) is 24.3 Å². The molecular formula is C23H24N2O. The van der Waals surface area contributed by atoms with Crippen LogP contribution in [0.15, 0.2) is 42.6 Å². The van der Waals surface area contributed by atoms with Crippen molar-refractivity contribution in [2.75, 3.05) is 0 Å². The summed E-state index contributed by atoms with van der Waals surface area (Å²) in [5.41, 5.74) is 6.80. The summed E-state index contributed by atoms with van der Waals surface area (Å²) in [5.74, 6) is 0. The van der Waals surface area contributed by atoms with E-state index in [4.69, 9.17) is 6.57 Å². The van der Waals surface area contributed by atoms with E-state index in [0.29, 0.717) is 11.7 Å². The second kappa shape index (κ2) is 6.63. The van der Waals surface area contributed by atoms with Crippen LogP contribution in [0.5, 0.6) is 0 Å². The van der Waals surface area contributed by atoms with Gasteiger partial charge in [0.05, 0.1) is 12.7 Å². The minimum atomic E-state index is -0.210. The third kappa shape index (κ3) is 2.81. The standard InChI is InChI=1S/C23H24N2O/c1-15-6-4-9-20(16(15)2)22-14-25(18-7-5-8-19(26)13-18)23-11-10-17(24-3)12-21(22)23/h4,6,9-12,14,18-19,26H,5,7-8,13H2,1-2H3/t18-,19-/m1/s1. The second-order valence-corrected chi connectivity index (χ2v) is 7.49. The van der Waals surface area contributed by atoms with Crippen LogP contribution in [-0.4, -0.2) is 15.8 Å². The summed E-state index contributed by atoms with van der Waals surface area (Å²) in [6, 6.07) is 12.7. The lowest BCUT2D eigenvalue weighted by atomic mass is 9.93. The smallest absolute Gasteiger partial charge is 0.188 e. The number of hydrogen-bond donors (Lipinski definition) is 1. The summed E-state index contributed by atoms with van der Waals surface area (Å²) in [5, 5.41) is 11.3. The summed E-state index contributed by atoms with van der Waals surface area (Å²) in [7, 11) is 0. The van der Waals surface area contributed by atoms with Gasteiger partial charge in [0.15, 0.2) is 5.69 Å². The highest BCUT2D eigenvalue weighted by atomic mass is 16.3. The Morgan fingerprint density at radius 1 is 1.12 bits per heavy atom. The van der Waals surface area contributed by atoms with Crippen molar-refractivity contribution < 1.29 is 5.11 Å². The van der Waals surface area contributed by atoms with E-state index in [9.17, 15) is 5.11 Å². The predicted molar refractivity (Wildman–Crippen MR) is 107 cm³/mol. The molecule has 0 saturated heterocycles. The van der Waals surface area contributed by atoms with E-state index in [1.807, 2.05) is 12.1 Å². The highest BCUT2D eigenvalue weighted by Gasteiger charge is 2.24. The maximum atomic E-state index is 10.1. The number of hydrogen-bond acceptors (Lipinski definition) is 1. The van der Waals surface area contributed by atoms with Gasteiger partial charge in [0.2, 0.25) is 0 Å². The van der Waals surface area contributed by atoms with Crippen LogP contribution in [0.4, 0.5) is 5.69 Å². The van der Waals surface area contributed by atoms with E-state index in [-0.39, 0.29) is 6.10 Å². The highest BCUT2D eigenvalue weighted by molar-refractivity contribution is 5.99. The normalized spacial score (nSPS) is 20.2. The van der Waals surface area contributed by atoms with Crippen molar-refractivity contribution in [1.29, 1.82) is 0 Å². The molecule has 0 aliphatic heterocycles. The van der Waals surface area contributed by atoms with E-state index in [1.54, 1.807) is 0 Å². The van der Waals surface area contributed by atoms with Crippen LogP contribution in [0.2, 0.25) is 0 Å². The Morgan fingerprint density at radius 2 is 1.96 bits per heavy atom. The van der Waals surface area contributed by atoms with Gasteiger partial charge in [0, 0.05) is 23.3 Å². The zero-order valence-corrected chi connectivity index (χ0v) is 15.4. The van der Waals surface area contributed by atoms with Gasteiger partial charge in [-0.3, -0.25) is 0 Å². The minimum Gasteiger partial charge on any atom is -0.393 e. The molecule has 3 heteroatoms. The Balaban J connectivity index is 1.95. The fourth-order valence-corrected chi connectivity index (χ4v) is 4.26. The molecule has 3 aromatic rings. The number of fused-ring (bicyclic) bond motifs is 1. The van der Waals surface area contributed by atoms with Crippen molar-refractivity contribution in [1.82, 2.24) is 4.57 Å². The fraction of sp³-hybridized carbons (Fsp3) is 0.348. The minimum absolute atomic E-state index is 0.210. The molecule has 1 fully saturated rings. The molecule has 1 aliphatic rings. The lowest BCUT2D eigenvalue weighted by molar-refractivity contribution is 0.105. The van der Waals surface area contributed by atoms with Crippen molar-refractivity contribution in [2.45, 2.75) is 51.7 Å². The highest BCUT2D eigenvalue weighted by Crippen LogP contribution is 2.39. The Morgan fingerprint density at radius 3 is 2.73 bits per heavy atom. The number of nitrogens with zero attached hydrogens (tertiary/aromatic N) is 2. The number of aliphatic hydroxyl groups is 1. The largest absolute Gasteiger partial charge is 0.393 e. The number of aromatic nitrogens is 1. The number of aliphatic hydroxyl groups excluding tert-OH is 1. The molecule has 1 N–H and O–H groups in total. The number of aryl methyl sites for hydroxylation is 1. The average molecular weight is 344 g/mol. The summed E-state index contributed by atoms with van der Waals surface area (Å²) < 4.78 is 2.34. The van der Waals surface area contributed by atoms with Gasteiger partial charge in [-0.2, -0.15) is 0 Å². The van der Waals surface area contributed by atoms with Gasteiger partial charge >= 0.3 is 0 Å². The summed E-state index contributed by atoms with van der Waals surface area (Å²) in [6.07, 6.45) is 5.89. The SMILES string of the molecule is [C-]#[N+]c1ccc2c(c1)c(-c1cccc(C)c1C)cn2[C@@H]1CCC[C@@H](O)C1. The Labute approximate surface area is 154 Å². The van der Waals surface area contributed by atoms with Crippen molar-refractivity contribution in [3.05, 3.63) is 65.1 Å². The fourth-order valence-electron chi connectivity index (χ4n) is 4.26. The van der Waals surface area contributed by atoms with Gasteiger partial charge in [-0.05, 0) is 73.7 Å². The molecule has 1 aromatic heterocycles. The molecule has 26 heavy (non-hydrogen) atoms. The van der Waals surface area contributed by atoms with Crippen molar-refractivity contribution in [2.24, 2.45) is 0 Å². The predicted octanol–water partition coefficient (Wildman–Crippen LogP) is 5.95. The molecule has 0 amide bonds. The van der Waals surface area contributed by atoms with Gasteiger partial charge in [0.25, 0.3) is 0 Å². The van der Waals surface area contributed by atoms with E-state index in [2.05, 4.69) is 53.7 Å². The first kappa shape index (κ1) is 16.9. The lowest BCUT2D eigenvalue weighted by Gasteiger charge is -2.28. The Kier molecular flexibility index (Phi) is 4.30. The third-order valence-corrected chi connectivity index (χ3v) is 5.85. The van der Waals surface area contributed by atoms with E-state index in [0.717, 1.165) is 36.6 Å². The van der Waals surface area contributed by atoms with Crippen LogP contribution < -0.4 is 0 Å². The number of benzene rings is 2. The van der Waals surface area contributed by atoms with Crippen LogP contribution in [0.1, 0.15) is 42.9 Å². The molecule has 0 unspecified atom stereocenters. The lowest BCUT2D eigenvalue weighted by Crippen LogP contribution is -2.21. The van der Waals surface area contributed by atoms with E-state index < -0.39 is 0 Å². The van der Waals surface area contributed by atoms with Crippen LogP contribution in [0.3, 0.4) is 0 Å². The zero-order valence-electron chi connectivity index (χ0n) is 15.4. The van der Waals surface area contributed by atoms with Gasteiger partial charge in [0.1, 0.15) is 0 Å². The first-order chi connectivity index (χ1) is 12.6. The summed E-state index contributed by atoms with van der Waals surface area (Å²) in [4.78, 5) is 3.63. The molecule has 0 bridgehead atoms. The van der Waals surface area contributed by atoms with Crippen molar-refractivity contribution in [3.8, 4) is 11.1 Å². The Hall–Kier alpha value is -2.57. The maximum absolute atomic E-state index is 10.1. The monoisotopic (exact) mass is 344 g/mol. The molecule has 1 saturated carbocycles. The first-order valence-corrected chi connectivity index (χ1v) is 9.35. The molecule has 3 nitrogen and oxygen atoms in total. The van der Waals surface area contributed by atoms with Crippen LogP contribution >= 0.6 is 0 Å². The van der Waals surface area contributed by atoms with Gasteiger partial charge < -0.3 is 9.67 Å². The van der Waals surface area contributed by atoms with Crippen LogP contribution in [0, 0.1) is 20.4 Å². The molecule has 2 atom stereocenters. The third-order valence-electron chi connectivity index (χ3n) is 5.85. The molecule has 0 spiro atoms. The first-order valence-electron chi connectivity index (χ1n) is 9.35. The quantitative estimate of drug-likeness (QED) is 0.572. The topological polar surface area (TPSA) is 29.5 Å². The second-order valence-electron chi connectivity index (χ2n) is 7.49. The molecular weight excluding hydrogens is 320 g/mol. The molecule has 1 heterocycles. The Bertz CT molecular complexity index is 1010. The molecule has 4 rings (SSSR count). The number of rotatable bonds is 2. The molecule has 0 radical (unpaired) electrons. The van der Waals surface area contributed by atoms with Gasteiger partial charge in [-0.25, -0.2) is 4.85 Å². The summed E-state index contributed by atoms with van der Waals surface area (Å²) in [6.45, 7) is 11.7. The van der Waals surface area contributed by atoms with Gasteiger partial charge in [-0.15, -0.1) is 0 Å². The molecule has 2 aromatic carbocycles.